The Bertz CT molecular complexity index is 952. The fourth-order valence-corrected chi connectivity index (χ4v) is 4.19. The second-order valence-corrected chi connectivity index (χ2v) is 10.0. The summed E-state index contributed by atoms with van der Waals surface area (Å²) in [4.78, 5) is 26.5. The summed E-state index contributed by atoms with van der Waals surface area (Å²) < 4.78 is 0. The van der Waals surface area contributed by atoms with E-state index in [0.717, 1.165) is 64.5 Å². The summed E-state index contributed by atoms with van der Waals surface area (Å²) in [7, 11) is 0. The first-order valence-electron chi connectivity index (χ1n) is 11.8. The van der Waals surface area contributed by atoms with Crippen LogP contribution in [0, 0.1) is 16.7 Å². The van der Waals surface area contributed by atoms with Crippen LogP contribution in [0.15, 0.2) is 36.5 Å². The van der Waals surface area contributed by atoms with Crippen molar-refractivity contribution < 1.29 is 4.79 Å². The average molecular weight is 449 g/mol. The number of rotatable bonds is 8. The lowest BCUT2D eigenvalue weighted by atomic mass is 9.95. The Hall–Kier alpha value is -2.98. The van der Waals surface area contributed by atoms with Crippen LogP contribution in [0.4, 0.5) is 5.82 Å². The molecule has 1 aliphatic heterocycles. The van der Waals surface area contributed by atoms with Crippen LogP contribution in [-0.4, -0.2) is 64.9 Å². The van der Waals surface area contributed by atoms with Gasteiger partial charge < -0.3 is 9.80 Å². The lowest BCUT2D eigenvalue weighted by Crippen LogP contribution is -2.48. The summed E-state index contributed by atoms with van der Waals surface area (Å²) >= 11 is 0. The number of hydrogen-bond acceptors (Lipinski definition) is 6. The lowest BCUT2D eigenvalue weighted by Gasteiger charge is -2.34. The van der Waals surface area contributed by atoms with Gasteiger partial charge in [0.25, 0.3) is 0 Å². The number of benzene rings is 1. The fourth-order valence-electron chi connectivity index (χ4n) is 4.19. The van der Waals surface area contributed by atoms with Gasteiger partial charge in [0, 0.05) is 52.4 Å². The zero-order valence-electron chi connectivity index (χ0n) is 20.4. The molecule has 0 bridgehead atoms. The molecule has 0 atom stereocenters. The number of anilines is 1. The third kappa shape index (κ3) is 7.83. The Kier molecular flexibility index (Phi) is 8.40. The number of aromatic nitrogens is 2. The third-order valence-electron chi connectivity index (χ3n) is 5.88. The first-order chi connectivity index (χ1) is 15.7. The Labute approximate surface area is 198 Å². The van der Waals surface area contributed by atoms with Gasteiger partial charge in [-0.2, -0.15) is 5.26 Å². The van der Waals surface area contributed by atoms with E-state index in [0.29, 0.717) is 0 Å². The van der Waals surface area contributed by atoms with Gasteiger partial charge in [0.2, 0.25) is 11.7 Å². The monoisotopic (exact) mass is 448 g/mol. The van der Waals surface area contributed by atoms with Gasteiger partial charge in [-0.25, -0.2) is 9.97 Å². The molecule has 176 valence electrons. The molecule has 7 heteroatoms. The molecule has 1 amide bonds. The Morgan fingerprint density at radius 2 is 1.76 bits per heavy atom. The molecule has 0 unspecified atom stereocenters. The number of amides is 1. The lowest BCUT2D eigenvalue weighted by molar-refractivity contribution is -0.130. The van der Waals surface area contributed by atoms with E-state index >= 15 is 0 Å². The highest BCUT2D eigenvalue weighted by atomic mass is 16.2. The quantitative estimate of drug-likeness (QED) is 0.615. The summed E-state index contributed by atoms with van der Waals surface area (Å²) in [6.45, 7) is 14.5. The SMILES string of the molecule is CC(=O)N1CCN(CCCc2ccc(CN(CC(C)(C)C)c3ccnc(C#N)n3)cc2)CC1. The predicted octanol–water partition coefficient (Wildman–Crippen LogP) is 3.50. The number of nitrogens with zero attached hydrogens (tertiary/aromatic N) is 6. The van der Waals surface area contributed by atoms with Gasteiger partial charge in [0.15, 0.2) is 0 Å². The maximum atomic E-state index is 11.5. The van der Waals surface area contributed by atoms with Crippen molar-refractivity contribution in [3.8, 4) is 6.07 Å². The number of piperazine rings is 1. The smallest absolute Gasteiger partial charge is 0.234 e. The van der Waals surface area contributed by atoms with Crippen LogP contribution in [0.3, 0.4) is 0 Å². The average Bonchev–Trinajstić information content (AvgIpc) is 2.79. The number of hydrogen-bond donors (Lipinski definition) is 0. The van der Waals surface area contributed by atoms with Crippen molar-refractivity contribution in [2.45, 2.75) is 47.1 Å². The van der Waals surface area contributed by atoms with Gasteiger partial charge in [-0.3, -0.25) is 9.69 Å². The molecular formula is C26H36N6O. The van der Waals surface area contributed by atoms with E-state index < -0.39 is 0 Å². The van der Waals surface area contributed by atoms with E-state index in [-0.39, 0.29) is 17.1 Å². The minimum Gasteiger partial charge on any atom is -0.352 e. The molecule has 33 heavy (non-hydrogen) atoms. The zero-order valence-corrected chi connectivity index (χ0v) is 20.4. The second kappa shape index (κ2) is 11.2. The maximum Gasteiger partial charge on any atom is 0.234 e. The van der Waals surface area contributed by atoms with Gasteiger partial charge in [-0.15, -0.1) is 0 Å². The van der Waals surface area contributed by atoms with Crippen molar-refractivity contribution in [1.29, 1.82) is 5.26 Å². The maximum absolute atomic E-state index is 11.5. The highest BCUT2D eigenvalue weighted by Gasteiger charge is 2.19. The molecule has 0 aliphatic carbocycles. The van der Waals surface area contributed by atoms with Crippen molar-refractivity contribution in [2.75, 3.05) is 44.2 Å². The molecule has 0 N–H and O–H groups in total. The minimum absolute atomic E-state index is 0.0909. The number of carbonyl (C=O) groups is 1. The van der Waals surface area contributed by atoms with E-state index in [4.69, 9.17) is 0 Å². The highest BCUT2D eigenvalue weighted by molar-refractivity contribution is 5.73. The molecule has 0 saturated carbocycles. The molecule has 1 aliphatic rings. The Balaban J connectivity index is 1.54. The van der Waals surface area contributed by atoms with Crippen LogP contribution in [0.25, 0.3) is 0 Å². The van der Waals surface area contributed by atoms with Crippen LogP contribution in [0.2, 0.25) is 0 Å². The van der Waals surface area contributed by atoms with E-state index in [1.165, 1.54) is 11.1 Å². The zero-order chi connectivity index (χ0) is 23.8. The predicted molar refractivity (Wildman–Crippen MR) is 131 cm³/mol. The molecule has 0 spiro atoms. The van der Waals surface area contributed by atoms with Crippen LogP contribution in [0.1, 0.15) is 51.1 Å². The highest BCUT2D eigenvalue weighted by Crippen LogP contribution is 2.22. The van der Waals surface area contributed by atoms with Crippen molar-refractivity contribution in [1.82, 2.24) is 19.8 Å². The Morgan fingerprint density at radius 3 is 2.36 bits per heavy atom. The first-order valence-corrected chi connectivity index (χ1v) is 11.8. The van der Waals surface area contributed by atoms with Gasteiger partial charge >= 0.3 is 0 Å². The molecule has 1 aromatic carbocycles. The van der Waals surface area contributed by atoms with Gasteiger partial charge in [0.1, 0.15) is 11.9 Å². The van der Waals surface area contributed by atoms with Crippen LogP contribution < -0.4 is 4.90 Å². The molecule has 2 aromatic rings. The number of aryl methyl sites for hydroxylation is 1. The molecule has 3 rings (SSSR count). The summed E-state index contributed by atoms with van der Waals surface area (Å²) in [5.74, 6) is 1.16. The van der Waals surface area contributed by atoms with Crippen molar-refractivity contribution in [3.05, 3.63) is 53.5 Å². The minimum atomic E-state index is 0.0909. The van der Waals surface area contributed by atoms with Crippen molar-refractivity contribution >= 4 is 11.7 Å². The molecule has 0 radical (unpaired) electrons. The van der Waals surface area contributed by atoms with Crippen molar-refractivity contribution in [2.24, 2.45) is 5.41 Å². The largest absolute Gasteiger partial charge is 0.352 e. The van der Waals surface area contributed by atoms with E-state index in [2.05, 4.69) is 64.8 Å². The topological polar surface area (TPSA) is 76.4 Å². The van der Waals surface area contributed by atoms with Gasteiger partial charge in [-0.1, -0.05) is 45.0 Å². The van der Waals surface area contributed by atoms with Gasteiger partial charge in [0.05, 0.1) is 0 Å². The summed E-state index contributed by atoms with van der Waals surface area (Å²) in [5.41, 5.74) is 2.66. The third-order valence-corrected chi connectivity index (χ3v) is 5.88. The first kappa shape index (κ1) is 24.7. The van der Waals surface area contributed by atoms with E-state index in [1.54, 1.807) is 13.1 Å². The molecule has 1 saturated heterocycles. The number of nitriles is 1. The summed E-state index contributed by atoms with van der Waals surface area (Å²) in [6.07, 6.45) is 3.82. The number of carbonyl (C=O) groups excluding carboxylic acids is 1. The van der Waals surface area contributed by atoms with Crippen molar-refractivity contribution in [3.63, 3.8) is 0 Å². The molecule has 2 heterocycles. The molecule has 7 nitrogen and oxygen atoms in total. The molecule has 1 fully saturated rings. The molecular weight excluding hydrogens is 412 g/mol. The van der Waals surface area contributed by atoms with Crippen LogP contribution >= 0.6 is 0 Å². The normalized spacial score (nSPS) is 14.7. The summed E-state index contributed by atoms with van der Waals surface area (Å²) in [6, 6.07) is 12.7. The van der Waals surface area contributed by atoms with Crippen LogP contribution in [0.5, 0.6) is 0 Å². The summed E-state index contributed by atoms with van der Waals surface area (Å²) in [5, 5.41) is 9.17. The van der Waals surface area contributed by atoms with Gasteiger partial charge in [-0.05, 0) is 42.0 Å². The standard InChI is InChI=1S/C26H36N6O/c1-21(33)31-16-14-30(15-17-31)13-5-6-22-7-9-23(10-8-22)19-32(20-26(2,3)4)25-11-12-28-24(18-27)29-25/h7-12H,5-6,13-17,19-20H2,1-4H3. The van der Waals surface area contributed by atoms with E-state index in [9.17, 15) is 10.1 Å². The fraction of sp³-hybridized carbons (Fsp3) is 0.538. The van der Waals surface area contributed by atoms with E-state index in [1.807, 2.05) is 17.0 Å². The molecule has 1 aromatic heterocycles. The Morgan fingerprint density at radius 1 is 1.09 bits per heavy atom. The second-order valence-electron chi connectivity index (χ2n) is 10.0. The van der Waals surface area contributed by atoms with Crippen LogP contribution in [-0.2, 0) is 17.8 Å².